The van der Waals surface area contributed by atoms with E-state index in [-0.39, 0.29) is 11.9 Å². The van der Waals surface area contributed by atoms with Crippen LogP contribution in [0.15, 0.2) is 28.7 Å². The Bertz CT molecular complexity index is 349. The highest BCUT2D eigenvalue weighted by molar-refractivity contribution is 9.10. The number of aryl methyl sites for hydroxylation is 1. The number of hydrogen-bond donors (Lipinski definition) is 2. The van der Waals surface area contributed by atoms with E-state index in [0.717, 1.165) is 17.3 Å². The van der Waals surface area contributed by atoms with Gasteiger partial charge in [0.15, 0.2) is 0 Å². The second kappa shape index (κ2) is 7.45. The summed E-state index contributed by atoms with van der Waals surface area (Å²) in [5.74, 6) is 0.0913. The van der Waals surface area contributed by atoms with Crippen LogP contribution in [-0.2, 0) is 11.2 Å². The largest absolute Gasteiger partial charge is 0.356 e. The summed E-state index contributed by atoms with van der Waals surface area (Å²) < 4.78 is 1.06. The zero-order chi connectivity index (χ0) is 12.7. The maximum absolute atomic E-state index is 11.5. The van der Waals surface area contributed by atoms with Gasteiger partial charge in [0, 0.05) is 23.5 Å². The molecule has 0 saturated carbocycles. The van der Waals surface area contributed by atoms with Crippen LogP contribution < -0.4 is 11.1 Å². The van der Waals surface area contributed by atoms with Gasteiger partial charge < -0.3 is 11.1 Å². The molecule has 0 aliphatic heterocycles. The molecule has 3 N–H and O–H groups in total. The molecule has 1 unspecified atom stereocenters. The van der Waals surface area contributed by atoms with Crippen LogP contribution in [0.1, 0.15) is 25.3 Å². The van der Waals surface area contributed by atoms with Crippen molar-refractivity contribution in [2.45, 2.75) is 32.2 Å². The number of carbonyl (C=O) groups excluding carboxylic acids is 1. The molecule has 1 amide bonds. The minimum Gasteiger partial charge on any atom is -0.356 e. The lowest BCUT2D eigenvalue weighted by Crippen LogP contribution is -2.29. The van der Waals surface area contributed by atoms with Gasteiger partial charge in [-0.1, -0.05) is 28.1 Å². The zero-order valence-corrected chi connectivity index (χ0v) is 11.7. The zero-order valence-electron chi connectivity index (χ0n) is 10.1. The Morgan fingerprint density at radius 3 is 2.65 bits per heavy atom. The Hall–Kier alpha value is -0.870. The number of hydrogen-bond acceptors (Lipinski definition) is 2. The maximum atomic E-state index is 11.5. The standard InChI is InChI=1S/C13H19BrN2O/c1-10(15)8-9-16-13(17)7-4-11-2-5-12(14)6-3-11/h2-3,5-6,10H,4,7-9,15H2,1H3,(H,16,17). The molecule has 0 aromatic heterocycles. The molecular weight excluding hydrogens is 280 g/mol. The number of benzene rings is 1. The predicted octanol–water partition coefficient (Wildman–Crippen LogP) is 2.24. The predicted molar refractivity (Wildman–Crippen MR) is 73.7 cm³/mol. The van der Waals surface area contributed by atoms with Crippen LogP contribution in [0.25, 0.3) is 0 Å². The number of nitrogens with one attached hydrogen (secondary N) is 1. The Balaban J connectivity index is 2.21. The van der Waals surface area contributed by atoms with Crippen molar-refractivity contribution in [3.63, 3.8) is 0 Å². The fraction of sp³-hybridized carbons (Fsp3) is 0.462. The van der Waals surface area contributed by atoms with Crippen molar-refractivity contribution >= 4 is 21.8 Å². The molecule has 0 aliphatic rings. The van der Waals surface area contributed by atoms with Gasteiger partial charge in [-0.25, -0.2) is 0 Å². The SMILES string of the molecule is CC(N)CCNC(=O)CCc1ccc(Br)cc1. The van der Waals surface area contributed by atoms with Gasteiger partial charge in [-0.3, -0.25) is 4.79 Å². The average Bonchev–Trinajstić information content (AvgIpc) is 2.28. The number of nitrogens with two attached hydrogens (primary N) is 1. The van der Waals surface area contributed by atoms with Gasteiger partial charge in [-0.15, -0.1) is 0 Å². The minimum atomic E-state index is 0.0913. The first-order valence-electron chi connectivity index (χ1n) is 5.84. The maximum Gasteiger partial charge on any atom is 0.220 e. The van der Waals surface area contributed by atoms with E-state index >= 15 is 0 Å². The molecule has 1 aromatic rings. The molecule has 0 aliphatic carbocycles. The molecule has 94 valence electrons. The number of carbonyl (C=O) groups is 1. The molecule has 17 heavy (non-hydrogen) atoms. The van der Waals surface area contributed by atoms with E-state index in [4.69, 9.17) is 5.73 Å². The van der Waals surface area contributed by atoms with Crippen molar-refractivity contribution in [3.8, 4) is 0 Å². The fourth-order valence-electron chi connectivity index (χ4n) is 1.44. The second-order valence-electron chi connectivity index (χ2n) is 4.24. The lowest BCUT2D eigenvalue weighted by atomic mass is 10.1. The van der Waals surface area contributed by atoms with Crippen LogP contribution in [0.2, 0.25) is 0 Å². The van der Waals surface area contributed by atoms with Crippen LogP contribution >= 0.6 is 15.9 Å². The Morgan fingerprint density at radius 2 is 2.06 bits per heavy atom. The molecule has 0 radical (unpaired) electrons. The van der Waals surface area contributed by atoms with E-state index in [1.807, 2.05) is 31.2 Å². The smallest absolute Gasteiger partial charge is 0.220 e. The summed E-state index contributed by atoms with van der Waals surface area (Å²) in [7, 11) is 0. The molecule has 0 spiro atoms. The van der Waals surface area contributed by atoms with E-state index in [0.29, 0.717) is 13.0 Å². The Morgan fingerprint density at radius 1 is 1.41 bits per heavy atom. The topological polar surface area (TPSA) is 55.1 Å². The second-order valence-corrected chi connectivity index (χ2v) is 5.16. The molecule has 1 rings (SSSR count). The van der Waals surface area contributed by atoms with Crippen LogP contribution in [-0.4, -0.2) is 18.5 Å². The third kappa shape index (κ3) is 6.44. The molecule has 4 heteroatoms. The molecule has 0 fully saturated rings. The summed E-state index contributed by atoms with van der Waals surface area (Å²) >= 11 is 3.38. The molecule has 0 heterocycles. The van der Waals surface area contributed by atoms with Gasteiger partial charge in [0.1, 0.15) is 0 Å². The van der Waals surface area contributed by atoms with Gasteiger partial charge in [0.05, 0.1) is 0 Å². The summed E-state index contributed by atoms with van der Waals surface area (Å²) in [6.07, 6.45) is 2.13. The summed E-state index contributed by atoms with van der Waals surface area (Å²) in [5.41, 5.74) is 6.78. The lowest BCUT2D eigenvalue weighted by molar-refractivity contribution is -0.121. The van der Waals surface area contributed by atoms with Gasteiger partial charge >= 0.3 is 0 Å². The molecular formula is C13H19BrN2O. The van der Waals surface area contributed by atoms with E-state index in [1.54, 1.807) is 0 Å². The first-order valence-corrected chi connectivity index (χ1v) is 6.64. The summed E-state index contributed by atoms with van der Waals surface area (Å²) in [4.78, 5) is 11.5. The van der Waals surface area contributed by atoms with Gasteiger partial charge in [-0.2, -0.15) is 0 Å². The highest BCUT2D eigenvalue weighted by atomic mass is 79.9. The van der Waals surface area contributed by atoms with E-state index in [1.165, 1.54) is 5.56 Å². The van der Waals surface area contributed by atoms with Crippen molar-refractivity contribution in [1.82, 2.24) is 5.32 Å². The molecule has 1 aromatic carbocycles. The van der Waals surface area contributed by atoms with Crippen molar-refractivity contribution in [1.29, 1.82) is 0 Å². The monoisotopic (exact) mass is 298 g/mol. The lowest BCUT2D eigenvalue weighted by Gasteiger charge is -2.07. The van der Waals surface area contributed by atoms with Gasteiger partial charge in [0.2, 0.25) is 5.91 Å². The molecule has 0 saturated heterocycles. The Kier molecular flexibility index (Phi) is 6.22. The molecule has 1 atom stereocenters. The molecule has 3 nitrogen and oxygen atoms in total. The quantitative estimate of drug-likeness (QED) is 0.846. The number of amides is 1. The molecule has 0 bridgehead atoms. The average molecular weight is 299 g/mol. The number of rotatable bonds is 6. The van der Waals surface area contributed by atoms with E-state index in [9.17, 15) is 4.79 Å². The Labute approximate surface area is 111 Å². The van der Waals surface area contributed by atoms with Crippen LogP contribution in [0.3, 0.4) is 0 Å². The highest BCUT2D eigenvalue weighted by Crippen LogP contribution is 2.11. The van der Waals surface area contributed by atoms with Crippen LogP contribution in [0, 0.1) is 0 Å². The third-order valence-electron chi connectivity index (χ3n) is 2.48. The summed E-state index contributed by atoms with van der Waals surface area (Å²) in [6.45, 7) is 2.60. The third-order valence-corrected chi connectivity index (χ3v) is 3.00. The minimum absolute atomic E-state index is 0.0913. The highest BCUT2D eigenvalue weighted by Gasteiger charge is 2.02. The fourth-order valence-corrected chi connectivity index (χ4v) is 1.70. The van der Waals surface area contributed by atoms with Gasteiger partial charge in [0.25, 0.3) is 0 Å². The van der Waals surface area contributed by atoms with Crippen LogP contribution in [0.4, 0.5) is 0 Å². The summed E-state index contributed by atoms with van der Waals surface area (Å²) in [6, 6.07) is 8.17. The van der Waals surface area contributed by atoms with Crippen molar-refractivity contribution in [2.24, 2.45) is 5.73 Å². The van der Waals surface area contributed by atoms with E-state index < -0.39 is 0 Å². The van der Waals surface area contributed by atoms with Crippen molar-refractivity contribution < 1.29 is 4.79 Å². The first kappa shape index (κ1) is 14.2. The van der Waals surface area contributed by atoms with Crippen LogP contribution in [0.5, 0.6) is 0 Å². The number of halogens is 1. The van der Waals surface area contributed by atoms with Crippen molar-refractivity contribution in [2.75, 3.05) is 6.54 Å². The normalized spacial score (nSPS) is 12.2. The van der Waals surface area contributed by atoms with E-state index in [2.05, 4.69) is 21.2 Å². The van der Waals surface area contributed by atoms with Gasteiger partial charge in [-0.05, 0) is 37.5 Å². The van der Waals surface area contributed by atoms with Crippen molar-refractivity contribution in [3.05, 3.63) is 34.3 Å². The first-order chi connectivity index (χ1) is 8.08. The summed E-state index contributed by atoms with van der Waals surface area (Å²) in [5, 5.41) is 2.87.